The van der Waals surface area contributed by atoms with Crippen molar-refractivity contribution in [2.75, 3.05) is 19.0 Å². The molecule has 5 nitrogen and oxygen atoms in total. The number of nitrogens with zero attached hydrogens (tertiary/aromatic N) is 4. The summed E-state index contributed by atoms with van der Waals surface area (Å²) in [4.78, 5) is 25.6. The van der Waals surface area contributed by atoms with Crippen molar-refractivity contribution in [2.24, 2.45) is 0 Å². The number of ketones is 1. The number of pyridine rings is 3. The zero-order chi connectivity index (χ0) is 26.3. The summed E-state index contributed by atoms with van der Waals surface area (Å²) in [5, 5.41) is 0. The summed E-state index contributed by atoms with van der Waals surface area (Å²) in [6, 6.07) is 30.7. The van der Waals surface area contributed by atoms with E-state index in [1.165, 1.54) is 5.69 Å². The summed E-state index contributed by atoms with van der Waals surface area (Å²) >= 11 is 0. The van der Waals surface area contributed by atoms with Crippen LogP contribution in [0.25, 0.3) is 5.57 Å². The van der Waals surface area contributed by atoms with Crippen molar-refractivity contribution < 1.29 is 4.79 Å². The molecule has 0 aliphatic rings. The molecule has 3 aromatic heterocycles. The minimum absolute atomic E-state index is 0.0127. The van der Waals surface area contributed by atoms with Gasteiger partial charge in [-0.25, -0.2) is 0 Å². The Morgan fingerprint density at radius 1 is 0.568 bits per heavy atom. The lowest BCUT2D eigenvalue weighted by atomic mass is 10.0. The Bertz CT molecular complexity index is 1170. The third kappa shape index (κ3) is 8.67. The lowest BCUT2D eigenvalue weighted by molar-refractivity contribution is 0.103. The SMILES string of the molecule is C=C(c1ccccc1)c1ccncc1.CN(C)c1ccncc1.O=C(c1ccccc1)c1cccnc1. The molecule has 0 aliphatic carbocycles. The molecule has 3 heterocycles. The molecule has 0 unspecified atom stereocenters. The molecule has 2 aromatic carbocycles. The molecular weight excluding hydrogens is 456 g/mol. The van der Waals surface area contributed by atoms with Crippen LogP contribution in [0.5, 0.6) is 0 Å². The number of carbonyl (C=O) groups is 1. The van der Waals surface area contributed by atoms with Gasteiger partial charge in [0.15, 0.2) is 5.78 Å². The Hall–Kier alpha value is -4.90. The fraction of sp³-hybridized carbons (Fsp3) is 0.0625. The van der Waals surface area contributed by atoms with Crippen LogP contribution in [0, 0.1) is 0 Å². The van der Waals surface area contributed by atoms with Gasteiger partial charge in [-0.1, -0.05) is 67.2 Å². The molecule has 5 heteroatoms. The molecule has 0 N–H and O–H groups in total. The van der Waals surface area contributed by atoms with Gasteiger partial charge in [0.05, 0.1) is 0 Å². The maximum atomic E-state index is 11.8. The van der Waals surface area contributed by atoms with Gasteiger partial charge in [-0.3, -0.25) is 19.7 Å². The Kier molecular flexibility index (Phi) is 10.5. The van der Waals surface area contributed by atoms with Crippen molar-refractivity contribution in [2.45, 2.75) is 0 Å². The first-order valence-electron chi connectivity index (χ1n) is 11.8. The van der Waals surface area contributed by atoms with Gasteiger partial charge in [0.2, 0.25) is 0 Å². The van der Waals surface area contributed by atoms with Crippen molar-refractivity contribution in [3.8, 4) is 0 Å². The van der Waals surface area contributed by atoms with E-state index in [0.717, 1.165) is 16.7 Å². The predicted molar refractivity (Wildman–Crippen MR) is 151 cm³/mol. The molecule has 0 atom stereocenters. The van der Waals surface area contributed by atoms with Crippen molar-refractivity contribution >= 4 is 17.0 Å². The van der Waals surface area contributed by atoms with Gasteiger partial charge in [0.1, 0.15) is 0 Å². The average molecular weight is 487 g/mol. The fourth-order valence-corrected chi connectivity index (χ4v) is 3.25. The molecule has 0 bridgehead atoms. The Morgan fingerprint density at radius 3 is 1.54 bits per heavy atom. The highest BCUT2D eigenvalue weighted by molar-refractivity contribution is 6.08. The standard InChI is InChI=1S/C13H11N.C12H9NO.C7H10N2/c1-11(12-5-3-2-4-6-12)13-7-9-14-10-8-13;14-12(10-5-2-1-3-6-10)11-7-4-8-13-9-11;1-9(2)7-3-5-8-6-4-7/h2-10H,1H2;1-9H;3-6H,1-2H3. The molecule has 0 radical (unpaired) electrons. The van der Waals surface area contributed by atoms with Crippen LogP contribution in [0.15, 0.2) is 141 Å². The van der Waals surface area contributed by atoms with E-state index in [1.54, 1.807) is 61.4 Å². The minimum atomic E-state index is 0.0127. The molecule has 0 fully saturated rings. The van der Waals surface area contributed by atoms with Crippen molar-refractivity contribution in [1.29, 1.82) is 0 Å². The molecule has 0 spiro atoms. The lowest BCUT2D eigenvalue weighted by Gasteiger charge is -2.10. The molecule has 37 heavy (non-hydrogen) atoms. The molecule has 184 valence electrons. The van der Waals surface area contributed by atoms with Crippen molar-refractivity contribution in [3.05, 3.63) is 163 Å². The predicted octanol–water partition coefficient (Wildman–Crippen LogP) is 6.60. The number of benzene rings is 2. The largest absolute Gasteiger partial charge is 0.378 e. The van der Waals surface area contributed by atoms with Crippen LogP contribution in [-0.4, -0.2) is 34.8 Å². The number of carbonyl (C=O) groups excluding carboxylic acids is 1. The maximum Gasteiger partial charge on any atom is 0.194 e. The van der Waals surface area contributed by atoms with E-state index >= 15 is 0 Å². The van der Waals surface area contributed by atoms with Crippen LogP contribution < -0.4 is 4.90 Å². The van der Waals surface area contributed by atoms with E-state index in [1.807, 2.05) is 79.7 Å². The number of rotatable bonds is 5. The van der Waals surface area contributed by atoms with Gasteiger partial charge in [0, 0.05) is 68.1 Å². The van der Waals surface area contributed by atoms with Gasteiger partial charge in [-0.2, -0.15) is 0 Å². The van der Waals surface area contributed by atoms with Gasteiger partial charge in [0.25, 0.3) is 0 Å². The smallest absolute Gasteiger partial charge is 0.194 e. The summed E-state index contributed by atoms with van der Waals surface area (Å²) in [7, 11) is 4.02. The van der Waals surface area contributed by atoms with Gasteiger partial charge in [-0.05, 0) is 53.1 Å². The second-order valence-corrected chi connectivity index (χ2v) is 8.12. The summed E-state index contributed by atoms with van der Waals surface area (Å²) in [5.41, 5.74) is 5.81. The molecule has 0 saturated carbocycles. The number of hydrogen-bond donors (Lipinski definition) is 0. The van der Waals surface area contributed by atoms with Gasteiger partial charge < -0.3 is 4.90 Å². The molecule has 0 aliphatic heterocycles. The second kappa shape index (κ2) is 14.5. The number of aromatic nitrogens is 3. The monoisotopic (exact) mass is 486 g/mol. The highest BCUT2D eigenvalue weighted by atomic mass is 16.1. The topological polar surface area (TPSA) is 59.0 Å². The molecule has 5 rings (SSSR count). The Morgan fingerprint density at radius 2 is 1.05 bits per heavy atom. The van der Waals surface area contributed by atoms with Crippen molar-refractivity contribution in [1.82, 2.24) is 15.0 Å². The summed E-state index contributed by atoms with van der Waals surface area (Å²) in [6.45, 7) is 4.07. The summed E-state index contributed by atoms with van der Waals surface area (Å²) < 4.78 is 0. The van der Waals surface area contributed by atoms with Crippen molar-refractivity contribution in [3.63, 3.8) is 0 Å². The third-order valence-electron chi connectivity index (χ3n) is 5.29. The summed E-state index contributed by atoms with van der Waals surface area (Å²) in [6.07, 6.45) is 10.4. The number of hydrogen-bond acceptors (Lipinski definition) is 5. The quantitative estimate of drug-likeness (QED) is 0.262. The number of anilines is 1. The summed E-state index contributed by atoms with van der Waals surface area (Å²) in [5.74, 6) is 0.0127. The van der Waals surface area contributed by atoms with Crippen LogP contribution in [0.2, 0.25) is 0 Å². The van der Waals surface area contributed by atoms with E-state index < -0.39 is 0 Å². The molecular formula is C32H30N4O. The first-order valence-corrected chi connectivity index (χ1v) is 11.8. The van der Waals surface area contributed by atoms with E-state index in [-0.39, 0.29) is 5.78 Å². The second-order valence-electron chi connectivity index (χ2n) is 8.12. The van der Waals surface area contributed by atoms with Crippen LogP contribution in [0.4, 0.5) is 5.69 Å². The zero-order valence-corrected chi connectivity index (χ0v) is 21.1. The normalized spacial score (nSPS) is 9.57. The lowest BCUT2D eigenvalue weighted by Crippen LogP contribution is -2.07. The van der Waals surface area contributed by atoms with Crippen LogP contribution in [0.3, 0.4) is 0 Å². The van der Waals surface area contributed by atoms with Crippen LogP contribution in [-0.2, 0) is 0 Å². The Balaban J connectivity index is 0.000000159. The van der Waals surface area contributed by atoms with Gasteiger partial charge >= 0.3 is 0 Å². The average Bonchev–Trinajstić information content (AvgIpc) is 2.99. The van der Waals surface area contributed by atoms with E-state index in [2.05, 4.69) is 33.7 Å². The van der Waals surface area contributed by atoms with Crippen LogP contribution in [0.1, 0.15) is 27.0 Å². The first-order chi connectivity index (χ1) is 18.1. The maximum absolute atomic E-state index is 11.8. The highest BCUT2D eigenvalue weighted by Gasteiger charge is 2.06. The molecule has 0 amide bonds. The molecule has 5 aromatic rings. The van der Waals surface area contributed by atoms with Gasteiger partial charge in [-0.15, -0.1) is 0 Å². The fourth-order valence-electron chi connectivity index (χ4n) is 3.25. The Labute approximate surface area is 218 Å². The molecule has 0 saturated heterocycles. The zero-order valence-electron chi connectivity index (χ0n) is 21.1. The first kappa shape index (κ1) is 26.7. The minimum Gasteiger partial charge on any atom is -0.378 e. The third-order valence-corrected chi connectivity index (χ3v) is 5.29. The highest BCUT2D eigenvalue weighted by Crippen LogP contribution is 2.19. The van der Waals surface area contributed by atoms with Crippen LogP contribution >= 0.6 is 0 Å². The van der Waals surface area contributed by atoms with E-state index in [9.17, 15) is 4.79 Å². The van der Waals surface area contributed by atoms with E-state index in [0.29, 0.717) is 11.1 Å². The van der Waals surface area contributed by atoms with E-state index in [4.69, 9.17) is 0 Å².